The lowest BCUT2D eigenvalue weighted by atomic mass is 10.3. The summed E-state index contributed by atoms with van der Waals surface area (Å²) in [6.45, 7) is 1.75. The fourth-order valence-corrected chi connectivity index (χ4v) is 0.865. The largest absolute Gasteiger partial charge is 0.592 e. The van der Waals surface area contributed by atoms with E-state index < -0.39 is 13.5 Å². The maximum Gasteiger partial charge on any atom is 0.361 e. The lowest BCUT2D eigenvalue weighted by Gasteiger charge is -2.10. The average Bonchev–Trinajstić information content (AvgIpc) is 1.65. The van der Waals surface area contributed by atoms with Crippen LogP contribution in [0.2, 0.25) is 0 Å². The van der Waals surface area contributed by atoms with Crippen LogP contribution in [0.4, 0.5) is 0 Å². The van der Waals surface area contributed by atoms with E-state index in [0.29, 0.717) is 6.42 Å². The summed E-state index contributed by atoms with van der Waals surface area (Å²) in [5, 5.41) is 8.77. The van der Waals surface area contributed by atoms with Gasteiger partial charge in [-0.2, -0.15) is 0 Å². The van der Waals surface area contributed by atoms with Crippen molar-refractivity contribution in [3.8, 4) is 0 Å². The van der Waals surface area contributed by atoms with Gasteiger partial charge in [0.25, 0.3) is 0 Å². The minimum atomic E-state index is -2.92. The first kappa shape index (κ1) is 8.98. The number of nitrogens with two attached hydrogens (primary N) is 1. The average molecular weight is 151 g/mol. The molecule has 2 atom stereocenters. The maximum atomic E-state index is 10.1. The van der Waals surface area contributed by atoms with E-state index in [9.17, 15) is 9.46 Å². The van der Waals surface area contributed by atoms with Gasteiger partial charge in [-0.25, -0.2) is 0 Å². The molecule has 0 aromatic rings. The number of hydrogen-bond donors (Lipinski definition) is 2. The molecule has 0 fully saturated rings. The van der Waals surface area contributed by atoms with Gasteiger partial charge in [0.2, 0.25) is 0 Å². The molecule has 0 saturated heterocycles. The van der Waals surface area contributed by atoms with Crippen LogP contribution < -0.4 is 10.6 Å². The van der Waals surface area contributed by atoms with Gasteiger partial charge in [0.05, 0.1) is 0 Å². The first-order chi connectivity index (χ1) is 4.00. The van der Waals surface area contributed by atoms with Crippen molar-refractivity contribution >= 4 is 8.03 Å². The zero-order valence-electron chi connectivity index (χ0n) is 5.20. The fraction of sp³-hybridized carbons (Fsp3) is 1.00. The molecule has 0 spiro atoms. The summed E-state index contributed by atoms with van der Waals surface area (Å²) in [6.07, 6.45) is 0.641. The molecule has 2 unspecified atom stereocenters. The predicted molar refractivity (Wildman–Crippen MR) is 31.7 cm³/mol. The van der Waals surface area contributed by atoms with E-state index in [-0.39, 0.29) is 6.42 Å². The molecule has 54 valence electrons. The molecule has 0 heterocycles. The summed E-state index contributed by atoms with van der Waals surface area (Å²) >= 11 is 0. The van der Waals surface area contributed by atoms with E-state index in [4.69, 9.17) is 10.8 Å². The topological polar surface area (TPSA) is 86.4 Å². The Morgan fingerprint density at radius 2 is 2.33 bits per heavy atom. The molecule has 0 aliphatic heterocycles. The van der Waals surface area contributed by atoms with Crippen LogP contribution >= 0.6 is 8.03 Å². The van der Waals surface area contributed by atoms with Crippen molar-refractivity contribution in [3.63, 3.8) is 0 Å². The van der Waals surface area contributed by atoms with E-state index in [1.54, 1.807) is 6.92 Å². The molecule has 0 aromatic heterocycles. The fourth-order valence-electron chi connectivity index (χ4n) is 0.459. The SMILES string of the molecule is CCCC(N)(O)[P+](=O)[O-]. The maximum absolute atomic E-state index is 10.1. The second-order valence-electron chi connectivity index (χ2n) is 1.89. The highest BCUT2D eigenvalue weighted by Gasteiger charge is 2.34. The standard InChI is InChI=1S/C4H10NO3P/c1-2-3-4(5,6)9(7)8/h6H,2-3,5H2,1H3. The molecule has 0 bridgehead atoms. The van der Waals surface area contributed by atoms with Crippen molar-refractivity contribution in [2.75, 3.05) is 0 Å². The van der Waals surface area contributed by atoms with Crippen molar-refractivity contribution in [1.82, 2.24) is 0 Å². The zero-order valence-corrected chi connectivity index (χ0v) is 6.10. The van der Waals surface area contributed by atoms with Gasteiger partial charge in [0, 0.05) is 6.42 Å². The van der Waals surface area contributed by atoms with Crippen LogP contribution in [0.5, 0.6) is 0 Å². The quantitative estimate of drug-likeness (QED) is 0.420. The summed E-state index contributed by atoms with van der Waals surface area (Å²) in [7, 11) is -2.92. The normalized spacial score (nSPS) is 18.9. The Balaban J connectivity index is 3.85. The van der Waals surface area contributed by atoms with Crippen LogP contribution in [-0.4, -0.2) is 10.6 Å². The molecule has 0 aliphatic carbocycles. The van der Waals surface area contributed by atoms with Crippen molar-refractivity contribution in [2.24, 2.45) is 5.73 Å². The van der Waals surface area contributed by atoms with Gasteiger partial charge < -0.3 is 10.00 Å². The van der Waals surface area contributed by atoms with Crippen LogP contribution in [0.25, 0.3) is 0 Å². The third-order valence-electron chi connectivity index (χ3n) is 0.934. The number of hydrogen-bond acceptors (Lipinski definition) is 4. The Kier molecular flexibility index (Phi) is 3.22. The van der Waals surface area contributed by atoms with E-state index in [1.807, 2.05) is 0 Å². The van der Waals surface area contributed by atoms with Gasteiger partial charge in [0.1, 0.15) is 0 Å². The van der Waals surface area contributed by atoms with E-state index in [1.165, 1.54) is 0 Å². The zero-order chi connectivity index (χ0) is 7.49. The third-order valence-corrected chi connectivity index (χ3v) is 1.79. The molecule has 9 heavy (non-hydrogen) atoms. The van der Waals surface area contributed by atoms with Gasteiger partial charge in [-0.15, -0.1) is 0 Å². The summed E-state index contributed by atoms with van der Waals surface area (Å²) in [6, 6.07) is 0. The Labute approximate surface area is 54.6 Å². The van der Waals surface area contributed by atoms with Gasteiger partial charge in [0.15, 0.2) is 0 Å². The molecular formula is C4H10NO3P. The Bertz CT molecular complexity index is 114. The molecule has 5 heteroatoms. The van der Waals surface area contributed by atoms with Crippen molar-refractivity contribution < 1.29 is 14.6 Å². The van der Waals surface area contributed by atoms with Crippen molar-refractivity contribution in [1.29, 1.82) is 0 Å². The summed E-state index contributed by atoms with van der Waals surface area (Å²) in [5.74, 6) is 0. The lowest BCUT2D eigenvalue weighted by molar-refractivity contribution is -0.179. The van der Waals surface area contributed by atoms with Crippen LogP contribution in [0.1, 0.15) is 19.8 Å². The van der Waals surface area contributed by atoms with Crippen LogP contribution in [0.15, 0.2) is 0 Å². The van der Waals surface area contributed by atoms with Crippen molar-refractivity contribution in [2.45, 2.75) is 25.2 Å². The van der Waals surface area contributed by atoms with E-state index >= 15 is 0 Å². The second-order valence-corrected chi connectivity index (χ2v) is 3.17. The lowest BCUT2D eigenvalue weighted by Crippen LogP contribution is -2.37. The Hall–Kier alpha value is -0.0200. The van der Waals surface area contributed by atoms with E-state index in [0.717, 1.165) is 0 Å². The van der Waals surface area contributed by atoms with Gasteiger partial charge in [-0.1, -0.05) is 11.5 Å². The number of aliphatic hydroxyl groups is 1. The molecule has 0 saturated carbocycles. The van der Waals surface area contributed by atoms with Gasteiger partial charge in [-0.05, 0) is 6.42 Å². The van der Waals surface area contributed by atoms with Crippen LogP contribution in [-0.2, 0) is 4.57 Å². The van der Waals surface area contributed by atoms with Crippen LogP contribution in [0.3, 0.4) is 0 Å². The molecular weight excluding hydrogens is 141 g/mol. The Morgan fingerprint density at radius 1 is 1.89 bits per heavy atom. The first-order valence-corrected chi connectivity index (χ1v) is 3.84. The molecule has 0 radical (unpaired) electrons. The molecule has 0 amide bonds. The minimum Gasteiger partial charge on any atom is -0.592 e. The minimum absolute atomic E-state index is 0.0890. The molecule has 4 nitrogen and oxygen atoms in total. The predicted octanol–water partition coefficient (Wildman–Crippen LogP) is -0.506. The molecule has 0 rings (SSSR count). The highest BCUT2D eigenvalue weighted by atomic mass is 31.1. The molecule has 0 aromatic carbocycles. The third kappa shape index (κ3) is 2.87. The van der Waals surface area contributed by atoms with Gasteiger partial charge in [-0.3, -0.25) is 5.73 Å². The van der Waals surface area contributed by atoms with Gasteiger partial charge >= 0.3 is 13.5 Å². The van der Waals surface area contributed by atoms with Crippen molar-refractivity contribution in [3.05, 3.63) is 0 Å². The second kappa shape index (κ2) is 3.22. The number of rotatable bonds is 3. The smallest absolute Gasteiger partial charge is 0.361 e. The summed E-state index contributed by atoms with van der Waals surface area (Å²) in [4.78, 5) is 10.1. The van der Waals surface area contributed by atoms with E-state index in [2.05, 4.69) is 0 Å². The first-order valence-electron chi connectivity index (χ1n) is 2.66. The highest BCUT2D eigenvalue weighted by Crippen LogP contribution is 2.27. The van der Waals surface area contributed by atoms with Crippen LogP contribution in [0, 0.1) is 0 Å². The highest BCUT2D eigenvalue weighted by molar-refractivity contribution is 7.38. The summed E-state index contributed by atoms with van der Waals surface area (Å²) in [5.41, 5.74) is 2.93. The molecule has 3 N–H and O–H groups in total. The Morgan fingerprint density at radius 3 is 2.44 bits per heavy atom. The molecule has 0 aliphatic rings. The monoisotopic (exact) mass is 151 g/mol. The summed E-state index contributed by atoms with van der Waals surface area (Å²) < 4.78 is 10.1.